The largest absolute Gasteiger partial charge is 0.390 e. The molecule has 1 fully saturated rings. The zero-order valence-corrected chi connectivity index (χ0v) is 12.4. The summed E-state index contributed by atoms with van der Waals surface area (Å²) in [4.78, 5) is 10.1. The zero-order chi connectivity index (χ0) is 15.2. The van der Waals surface area contributed by atoms with Gasteiger partial charge in [-0.05, 0) is 25.2 Å². The van der Waals surface area contributed by atoms with Crippen molar-refractivity contribution in [3.05, 3.63) is 22.5 Å². The molecule has 1 aromatic heterocycles. The summed E-state index contributed by atoms with van der Waals surface area (Å²) in [7, 11) is 0. The van der Waals surface area contributed by atoms with Crippen LogP contribution in [-0.2, 0) is 6.54 Å². The lowest BCUT2D eigenvalue weighted by molar-refractivity contribution is -0.385. The highest BCUT2D eigenvalue weighted by Gasteiger charge is 2.17. The molecule has 1 aromatic rings. The molecule has 0 amide bonds. The molecule has 2 rings (SSSR count). The highest BCUT2D eigenvalue weighted by atomic mass is 16.6. The van der Waals surface area contributed by atoms with E-state index in [2.05, 4.69) is 17.3 Å². The van der Waals surface area contributed by atoms with Gasteiger partial charge in [-0.2, -0.15) is 5.10 Å². The van der Waals surface area contributed by atoms with E-state index in [1.54, 1.807) is 0 Å². The molecule has 7 heteroatoms. The standard InChI is InChI=1S/C14H24N4O3/c1-11-3-2-4-12(6-5-11)15-8-14(19)10-17-9-13(7-16-17)18(20)21/h7,9,11-12,14-15,19H,2-6,8,10H2,1H3. The number of aliphatic hydroxyl groups is 1. The second-order valence-corrected chi connectivity index (χ2v) is 6.05. The van der Waals surface area contributed by atoms with Crippen LogP contribution in [0.15, 0.2) is 12.4 Å². The normalized spacial score (nSPS) is 24.5. The zero-order valence-electron chi connectivity index (χ0n) is 12.4. The molecule has 0 bridgehead atoms. The number of aromatic nitrogens is 2. The van der Waals surface area contributed by atoms with Crippen molar-refractivity contribution in [1.29, 1.82) is 0 Å². The minimum Gasteiger partial charge on any atom is -0.390 e. The molecule has 0 spiro atoms. The highest BCUT2D eigenvalue weighted by molar-refractivity contribution is 5.20. The van der Waals surface area contributed by atoms with E-state index < -0.39 is 11.0 Å². The summed E-state index contributed by atoms with van der Waals surface area (Å²) < 4.78 is 1.42. The predicted octanol–water partition coefficient (Wildman–Crippen LogP) is 1.71. The van der Waals surface area contributed by atoms with Crippen molar-refractivity contribution in [3.8, 4) is 0 Å². The van der Waals surface area contributed by atoms with Crippen LogP contribution < -0.4 is 5.32 Å². The number of rotatable bonds is 6. The van der Waals surface area contributed by atoms with Crippen molar-refractivity contribution in [2.24, 2.45) is 5.92 Å². The van der Waals surface area contributed by atoms with Crippen LogP contribution in [0.5, 0.6) is 0 Å². The van der Waals surface area contributed by atoms with Gasteiger partial charge in [-0.1, -0.05) is 19.8 Å². The van der Waals surface area contributed by atoms with E-state index in [4.69, 9.17) is 0 Å². The number of hydrogen-bond acceptors (Lipinski definition) is 5. The van der Waals surface area contributed by atoms with E-state index in [0.717, 1.165) is 18.8 Å². The fourth-order valence-corrected chi connectivity index (χ4v) is 2.82. The van der Waals surface area contributed by atoms with Crippen LogP contribution in [0.1, 0.15) is 39.0 Å². The van der Waals surface area contributed by atoms with Gasteiger partial charge in [0.2, 0.25) is 0 Å². The van der Waals surface area contributed by atoms with Crippen molar-refractivity contribution >= 4 is 5.69 Å². The maximum absolute atomic E-state index is 10.6. The fraction of sp³-hybridized carbons (Fsp3) is 0.786. The Morgan fingerprint density at radius 1 is 1.52 bits per heavy atom. The van der Waals surface area contributed by atoms with Crippen molar-refractivity contribution in [1.82, 2.24) is 15.1 Å². The van der Waals surface area contributed by atoms with Gasteiger partial charge in [-0.25, -0.2) is 0 Å². The quantitative estimate of drug-likeness (QED) is 0.473. The Morgan fingerprint density at radius 3 is 3.05 bits per heavy atom. The molecule has 21 heavy (non-hydrogen) atoms. The third kappa shape index (κ3) is 5.09. The van der Waals surface area contributed by atoms with Crippen molar-refractivity contribution in [2.75, 3.05) is 6.54 Å². The van der Waals surface area contributed by atoms with Crippen LogP contribution >= 0.6 is 0 Å². The van der Waals surface area contributed by atoms with E-state index in [-0.39, 0.29) is 12.2 Å². The van der Waals surface area contributed by atoms with Gasteiger partial charge in [0.25, 0.3) is 0 Å². The topological polar surface area (TPSA) is 93.2 Å². The summed E-state index contributed by atoms with van der Waals surface area (Å²) in [5.41, 5.74) is -0.0482. The smallest absolute Gasteiger partial charge is 0.306 e. The lowest BCUT2D eigenvalue weighted by Crippen LogP contribution is -2.37. The maximum atomic E-state index is 10.6. The third-order valence-corrected chi connectivity index (χ3v) is 4.13. The molecule has 1 aliphatic carbocycles. The van der Waals surface area contributed by atoms with Gasteiger partial charge in [-0.3, -0.25) is 14.8 Å². The van der Waals surface area contributed by atoms with Gasteiger partial charge in [0.05, 0.1) is 17.6 Å². The third-order valence-electron chi connectivity index (χ3n) is 4.13. The Hall–Kier alpha value is -1.47. The van der Waals surface area contributed by atoms with E-state index in [0.29, 0.717) is 12.6 Å². The Balaban J connectivity index is 1.73. The molecule has 7 nitrogen and oxygen atoms in total. The number of nitrogens with one attached hydrogen (secondary N) is 1. The van der Waals surface area contributed by atoms with Crippen LogP contribution in [0.3, 0.4) is 0 Å². The molecule has 0 aliphatic heterocycles. The molecule has 1 heterocycles. The van der Waals surface area contributed by atoms with E-state index >= 15 is 0 Å². The van der Waals surface area contributed by atoms with Crippen LogP contribution in [0.4, 0.5) is 5.69 Å². The van der Waals surface area contributed by atoms with Crippen molar-refractivity contribution in [3.63, 3.8) is 0 Å². The molecule has 1 aliphatic rings. The van der Waals surface area contributed by atoms with Crippen LogP contribution in [0, 0.1) is 16.0 Å². The summed E-state index contributed by atoms with van der Waals surface area (Å²) in [6.45, 7) is 3.05. The fourth-order valence-electron chi connectivity index (χ4n) is 2.82. The van der Waals surface area contributed by atoms with E-state index in [9.17, 15) is 15.2 Å². The molecule has 118 valence electrons. The SMILES string of the molecule is CC1CCCC(NCC(O)Cn2cc([N+](=O)[O-])cn2)CC1. The molecule has 3 atom stereocenters. The van der Waals surface area contributed by atoms with Gasteiger partial charge in [-0.15, -0.1) is 0 Å². The molecular formula is C14H24N4O3. The first kappa shape index (κ1) is 15.9. The van der Waals surface area contributed by atoms with E-state index in [1.807, 2.05) is 0 Å². The minimum absolute atomic E-state index is 0.0482. The van der Waals surface area contributed by atoms with Gasteiger partial charge in [0, 0.05) is 12.6 Å². The molecule has 0 aromatic carbocycles. The molecule has 0 saturated heterocycles. The van der Waals surface area contributed by atoms with E-state index in [1.165, 1.54) is 36.3 Å². The lowest BCUT2D eigenvalue weighted by atomic mass is 10.0. The molecule has 0 radical (unpaired) electrons. The van der Waals surface area contributed by atoms with Gasteiger partial charge < -0.3 is 10.4 Å². The molecule has 2 N–H and O–H groups in total. The van der Waals surface area contributed by atoms with Crippen LogP contribution in [-0.4, -0.2) is 38.5 Å². The second kappa shape index (κ2) is 7.51. The summed E-state index contributed by atoms with van der Waals surface area (Å²) in [5.74, 6) is 0.798. The molecule has 1 saturated carbocycles. The lowest BCUT2D eigenvalue weighted by Gasteiger charge is -2.19. The number of nitrogens with zero attached hydrogens (tertiary/aromatic N) is 3. The predicted molar refractivity (Wildman–Crippen MR) is 78.9 cm³/mol. The van der Waals surface area contributed by atoms with Crippen molar-refractivity contribution in [2.45, 2.75) is 57.7 Å². The Morgan fingerprint density at radius 2 is 2.33 bits per heavy atom. The Bertz CT molecular complexity index is 463. The average molecular weight is 296 g/mol. The van der Waals surface area contributed by atoms with Crippen LogP contribution in [0.25, 0.3) is 0 Å². The summed E-state index contributed by atoms with van der Waals surface area (Å²) in [6.07, 6.45) is 8.02. The Kier molecular flexibility index (Phi) is 5.69. The van der Waals surface area contributed by atoms with Gasteiger partial charge >= 0.3 is 5.69 Å². The average Bonchev–Trinajstić information content (AvgIpc) is 2.80. The summed E-state index contributed by atoms with van der Waals surface area (Å²) >= 11 is 0. The first-order valence-electron chi connectivity index (χ1n) is 7.63. The molecule has 3 unspecified atom stereocenters. The number of aliphatic hydroxyl groups excluding tert-OH is 1. The van der Waals surface area contributed by atoms with Crippen molar-refractivity contribution < 1.29 is 10.0 Å². The number of hydrogen-bond donors (Lipinski definition) is 2. The minimum atomic E-state index is -0.592. The summed E-state index contributed by atoms with van der Waals surface area (Å²) in [6, 6.07) is 0.469. The highest BCUT2D eigenvalue weighted by Crippen LogP contribution is 2.22. The second-order valence-electron chi connectivity index (χ2n) is 6.05. The van der Waals surface area contributed by atoms with Gasteiger partial charge in [0.1, 0.15) is 12.4 Å². The summed E-state index contributed by atoms with van der Waals surface area (Å²) in [5, 5.41) is 27.9. The number of nitro groups is 1. The van der Waals surface area contributed by atoms with Gasteiger partial charge in [0.15, 0.2) is 0 Å². The Labute approximate surface area is 124 Å². The maximum Gasteiger partial charge on any atom is 0.306 e. The monoisotopic (exact) mass is 296 g/mol. The molecular weight excluding hydrogens is 272 g/mol. The first-order chi connectivity index (χ1) is 10.0. The van der Waals surface area contributed by atoms with Crippen LogP contribution in [0.2, 0.25) is 0 Å². The first-order valence-corrected chi connectivity index (χ1v) is 7.63.